The molecule has 1 aromatic carbocycles. The van der Waals surface area contributed by atoms with Gasteiger partial charge in [0.2, 0.25) is 0 Å². The maximum atomic E-state index is 11.8. The van der Waals surface area contributed by atoms with Crippen LogP contribution in [-0.4, -0.2) is 17.2 Å². The lowest BCUT2D eigenvalue weighted by atomic mass is 9.75. The molecular weight excluding hydrogens is 252 g/mol. The molecule has 110 valence electrons. The van der Waals surface area contributed by atoms with Gasteiger partial charge < -0.3 is 9.84 Å². The lowest BCUT2D eigenvalue weighted by molar-refractivity contribution is -0.151. The number of hydrogen-bond acceptors (Lipinski definition) is 2. The van der Waals surface area contributed by atoms with Gasteiger partial charge in [0.1, 0.15) is 11.9 Å². The third kappa shape index (κ3) is 2.97. The van der Waals surface area contributed by atoms with Crippen molar-refractivity contribution in [2.75, 3.05) is 0 Å². The lowest BCUT2D eigenvalue weighted by Crippen LogP contribution is -2.36. The molecule has 2 rings (SSSR count). The van der Waals surface area contributed by atoms with E-state index in [4.69, 9.17) is 4.74 Å². The van der Waals surface area contributed by atoms with Gasteiger partial charge in [-0.1, -0.05) is 44.9 Å². The summed E-state index contributed by atoms with van der Waals surface area (Å²) in [5, 5.41) is 9.67. The van der Waals surface area contributed by atoms with Gasteiger partial charge in [-0.15, -0.1) is 0 Å². The number of carboxylic acids is 1. The van der Waals surface area contributed by atoms with Gasteiger partial charge in [-0.25, -0.2) is 0 Å². The summed E-state index contributed by atoms with van der Waals surface area (Å²) in [5.74, 6) is 0.247. The Morgan fingerprint density at radius 3 is 2.75 bits per heavy atom. The SMILES string of the molecule is CCCCC(CC)(CC1Cc2ccccc2O1)C(=O)O. The van der Waals surface area contributed by atoms with E-state index in [1.807, 2.05) is 25.1 Å². The van der Waals surface area contributed by atoms with Gasteiger partial charge in [-0.3, -0.25) is 4.79 Å². The Hall–Kier alpha value is -1.51. The van der Waals surface area contributed by atoms with Crippen molar-refractivity contribution in [3.63, 3.8) is 0 Å². The average Bonchev–Trinajstić information content (AvgIpc) is 2.85. The van der Waals surface area contributed by atoms with Crippen molar-refractivity contribution in [3.05, 3.63) is 29.8 Å². The molecule has 0 spiro atoms. The van der Waals surface area contributed by atoms with Gasteiger partial charge in [-0.2, -0.15) is 0 Å². The van der Waals surface area contributed by atoms with Crippen molar-refractivity contribution in [1.29, 1.82) is 0 Å². The first-order valence-corrected chi connectivity index (χ1v) is 7.59. The van der Waals surface area contributed by atoms with E-state index in [1.54, 1.807) is 0 Å². The van der Waals surface area contributed by atoms with Crippen LogP contribution in [0.4, 0.5) is 0 Å². The van der Waals surface area contributed by atoms with Crippen LogP contribution in [0.5, 0.6) is 5.75 Å². The van der Waals surface area contributed by atoms with Gasteiger partial charge in [0.05, 0.1) is 5.41 Å². The minimum atomic E-state index is -0.673. The van der Waals surface area contributed by atoms with Crippen LogP contribution in [0.2, 0.25) is 0 Å². The molecule has 1 N–H and O–H groups in total. The molecule has 1 aromatic rings. The van der Waals surface area contributed by atoms with Crippen molar-refractivity contribution in [2.45, 2.75) is 58.5 Å². The fourth-order valence-electron chi connectivity index (χ4n) is 3.09. The number of aliphatic carboxylic acids is 1. The van der Waals surface area contributed by atoms with Crippen molar-refractivity contribution >= 4 is 5.97 Å². The molecule has 1 aliphatic rings. The van der Waals surface area contributed by atoms with Crippen molar-refractivity contribution in [1.82, 2.24) is 0 Å². The predicted molar refractivity (Wildman–Crippen MR) is 79.1 cm³/mol. The number of rotatable bonds is 7. The second kappa shape index (κ2) is 6.29. The Balaban J connectivity index is 2.08. The summed E-state index contributed by atoms with van der Waals surface area (Å²) >= 11 is 0. The third-order valence-electron chi connectivity index (χ3n) is 4.47. The average molecular weight is 276 g/mol. The number of para-hydroxylation sites is 1. The number of hydrogen-bond donors (Lipinski definition) is 1. The van der Waals surface area contributed by atoms with Crippen LogP contribution >= 0.6 is 0 Å². The number of carbonyl (C=O) groups is 1. The summed E-state index contributed by atoms with van der Waals surface area (Å²) in [7, 11) is 0. The summed E-state index contributed by atoms with van der Waals surface area (Å²) in [5.41, 5.74) is 0.561. The quantitative estimate of drug-likeness (QED) is 0.817. The zero-order valence-corrected chi connectivity index (χ0v) is 12.4. The van der Waals surface area contributed by atoms with Crippen molar-refractivity contribution in [2.24, 2.45) is 5.41 Å². The highest BCUT2D eigenvalue weighted by atomic mass is 16.5. The Morgan fingerprint density at radius 1 is 1.40 bits per heavy atom. The van der Waals surface area contributed by atoms with Crippen molar-refractivity contribution < 1.29 is 14.6 Å². The van der Waals surface area contributed by atoms with Crippen LogP contribution in [0, 0.1) is 5.41 Å². The third-order valence-corrected chi connectivity index (χ3v) is 4.47. The molecule has 0 saturated heterocycles. The minimum absolute atomic E-state index is 0.000283. The standard InChI is InChI=1S/C17H24O3/c1-3-5-10-17(4-2,16(18)19)12-14-11-13-8-6-7-9-15(13)20-14/h6-9,14H,3-5,10-12H2,1-2H3,(H,18,19). The van der Waals surface area contributed by atoms with E-state index in [0.29, 0.717) is 12.8 Å². The largest absolute Gasteiger partial charge is 0.490 e. The number of unbranched alkanes of at least 4 members (excludes halogenated alkanes) is 1. The highest BCUT2D eigenvalue weighted by Gasteiger charge is 2.40. The van der Waals surface area contributed by atoms with Gasteiger partial charge >= 0.3 is 5.97 Å². The monoisotopic (exact) mass is 276 g/mol. The molecule has 0 bridgehead atoms. The van der Waals surface area contributed by atoms with E-state index >= 15 is 0 Å². The van der Waals surface area contributed by atoms with Gasteiger partial charge in [-0.05, 0) is 24.5 Å². The minimum Gasteiger partial charge on any atom is -0.490 e. The van der Waals surface area contributed by atoms with Crippen LogP contribution in [0.3, 0.4) is 0 Å². The molecule has 0 radical (unpaired) electrons. The number of fused-ring (bicyclic) bond motifs is 1. The summed E-state index contributed by atoms with van der Waals surface area (Å²) in [6.07, 6.45) is 4.83. The Kier molecular flexibility index (Phi) is 4.69. The normalized spacial score (nSPS) is 20.0. The zero-order valence-electron chi connectivity index (χ0n) is 12.4. The molecule has 0 aliphatic carbocycles. The molecule has 2 atom stereocenters. The lowest BCUT2D eigenvalue weighted by Gasteiger charge is -2.30. The fraction of sp³-hybridized carbons (Fsp3) is 0.588. The Bertz CT molecular complexity index is 444. The van der Waals surface area contributed by atoms with Gasteiger partial charge in [0.15, 0.2) is 0 Å². The van der Waals surface area contributed by atoms with E-state index < -0.39 is 11.4 Å². The molecule has 2 unspecified atom stereocenters. The molecule has 0 fully saturated rings. The topological polar surface area (TPSA) is 46.5 Å². The second-order valence-corrected chi connectivity index (χ2v) is 5.80. The highest BCUT2D eigenvalue weighted by molar-refractivity contribution is 5.74. The van der Waals surface area contributed by atoms with E-state index in [-0.39, 0.29) is 6.10 Å². The fourth-order valence-corrected chi connectivity index (χ4v) is 3.09. The second-order valence-electron chi connectivity index (χ2n) is 5.80. The molecular formula is C17H24O3. The number of ether oxygens (including phenoxy) is 1. The van der Waals surface area contributed by atoms with Gasteiger partial charge in [0, 0.05) is 12.8 Å². The van der Waals surface area contributed by atoms with E-state index in [2.05, 4.69) is 13.0 Å². The Morgan fingerprint density at radius 2 is 2.15 bits per heavy atom. The summed E-state index contributed by atoms with van der Waals surface area (Å²) in [4.78, 5) is 11.8. The summed E-state index contributed by atoms with van der Waals surface area (Å²) in [6.45, 7) is 4.08. The van der Waals surface area contributed by atoms with Crippen LogP contribution in [0.25, 0.3) is 0 Å². The molecule has 3 heteroatoms. The molecule has 0 aromatic heterocycles. The zero-order chi connectivity index (χ0) is 14.6. The van der Waals surface area contributed by atoms with E-state index in [9.17, 15) is 9.90 Å². The molecule has 1 aliphatic heterocycles. The van der Waals surface area contributed by atoms with E-state index in [0.717, 1.165) is 31.4 Å². The molecule has 0 saturated carbocycles. The van der Waals surface area contributed by atoms with Crippen LogP contribution < -0.4 is 4.74 Å². The van der Waals surface area contributed by atoms with Gasteiger partial charge in [0.25, 0.3) is 0 Å². The van der Waals surface area contributed by atoms with Crippen LogP contribution in [0.15, 0.2) is 24.3 Å². The predicted octanol–water partition coefficient (Wildman–Crippen LogP) is 4.05. The molecule has 3 nitrogen and oxygen atoms in total. The molecule has 1 heterocycles. The maximum absolute atomic E-state index is 11.8. The van der Waals surface area contributed by atoms with Crippen LogP contribution in [-0.2, 0) is 11.2 Å². The maximum Gasteiger partial charge on any atom is 0.309 e. The number of carboxylic acid groups (broad SMARTS) is 1. The highest BCUT2D eigenvalue weighted by Crippen LogP contribution is 2.39. The van der Waals surface area contributed by atoms with E-state index in [1.165, 1.54) is 5.56 Å². The van der Waals surface area contributed by atoms with Crippen molar-refractivity contribution in [3.8, 4) is 5.75 Å². The molecule has 20 heavy (non-hydrogen) atoms. The van der Waals surface area contributed by atoms with Crippen LogP contribution in [0.1, 0.15) is 51.5 Å². The summed E-state index contributed by atoms with van der Waals surface area (Å²) < 4.78 is 5.93. The first-order valence-electron chi connectivity index (χ1n) is 7.59. The molecule has 0 amide bonds. The summed E-state index contributed by atoms with van der Waals surface area (Å²) in [6, 6.07) is 8.00. The Labute approximate surface area is 121 Å². The smallest absolute Gasteiger partial charge is 0.309 e. The first-order chi connectivity index (χ1) is 9.61. The number of benzene rings is 1. The first kappa shape index (κ1) is 14.9.